The monoisotopic (exact) mass is 411 g/mol. The molecule has 2 saturated heterocycles. The van der Waals surface area contributed by atoms with E-state index in [4.69, 9.17) is 18.9 Å². The summed E-state index contributed by atoms with van der Waals surface area (Å²) in [7, 11) is 0. The van der Waals surface area contributed by atoms with Gasteiger partial charge in [-0.3, -0.25) is 4.79 Å². The Morgan fingerprint density at radius 2 is 1.93 bits per heavy atom. The van der Waals surface area contributed by atoms with Crippen LogP contribution in [0.5, 0.6) is 0 Å². The molecule has 4 atom stereocenters. The number of fused-ring (bicyclic) bond motifs is 1. The molecule has 2 heterocycles. The molecule has 3 rings (SSSR count). The normalized spacial score (nSPS) is 30.8. The third kappa shape index (κ3) is 5.85. The molecule has 7 heteroatoms. The molecular formula is C22H37NO6. The summed E-state index contributed by atoms with van der Waals surface area (Å²) in [5.41, 5.74) is -0.546. The molecule has 0 bridgehead atoms. The molecule has 29 heavy (non-hydrogen) atoms. The van der Waals surface area contributed by atoms with Gasteiger partial charge < -0.3 is 24.3 Å². The van der Waals surface area contributed by atoms with Crippen LogP contribution >= 0.6 is 0 Å². The van der Waals surface area contributed by atoms with Crippen molar-refractivity contribution in [3.8, 4) is 0 Å². The summed E-state index contributed by atoms with van der Waals surface area (Å²) in [6.45, 7) is 9.00. The van der Waals surface area contributed by atoms with Crippen LogP contribution in [0.3, 0.4) is 0 Å². The van der Waals surface area contributed by atoms with Crippen molar-refractivity contribution in [2.24, 2.45) is 11.8 Å². The van der Waals surface area contributed by atoms with Crippen molar-refractivity contribution >= 4 is 12.1 Å². The Hall–Kier alpha value is -1.34. The van der Waals surface area contributed by atoms with E-state index >= 15 is 0 Å². The highest BCUT2D eigenvalue weighted by Crippen LogP contribution is 2.45. The van der Waals surface area contributed by atoms with Gasteiger partial charge in [0.05, 0.1) is 19.6 Å². The van der Waals surface area contributed by atoms with Gasteiger partial charge in [0.25, 0.3) is 0 Å². The van der Waals surface area contributed by atoms with Crippen molar-refractivity contribution in [1.29, 1.82) is 0 Å². The first-order valence-electron chi connectivity index (χ1n) is 11.2. The Morgan fingerprint density at radius 1 is 1.21 bits per heavy atom. The molecule has 3 fully saturated rings. The van der Waals surface area contributed by atoms with Crippen LogP contribution in [0.4, 0.5) is 4.79 Å². The lowest BCUT2D eigenvalue weighted by Crippen LogP contribution is -2.42. The molecular weight excluding hydrogens is 374 g/mol. The number of rotatable bonds is 8. The molecule has 0 radical (unpaired) electrons. The van der Waals surface area contributed by atoms with Gasteiger partial charge >= 0.3 is 12.1 Å². The summed E-state index contributed by atoms with van der Waals surface area (Å²) < 4.78 is 23.0. The molecule has 0 aromatic carbocycles. The van der Waals surface area contributed by atoms with Crippen molar-refractivity contribution in [3.05, 3.63) is 0 Å². The fraction of sp³-hybridized carbons (Fsp3) is 0.909. The van der Waals surface area contributed by atoms with Crippen LogP contribution in [0.15, 0.2) is 0 Å². The number of amides is 1. The maximum atomic E-state index is 12.4. The zero-order valence-electron chi connectivity index (χ0n) is 18.3. The predicted octanol–water partition coefficient (Wildman–Crippen LogP) is 3.93. The Morgan fingerprint density at radius 3 is 2.59 bits per heavy atom. The van der Waals surface area contributed by atoms with Crippen LogP contribution in [0.25, 0.3) is 0 Å². The summed E-state index contributed by atoms with van der Waals surface area (Å²) >= 11 is 0. The van der Waals surface area contributed by atoms with Gasteiger partial charge in [-0.2, -0.15) is 0 Å². The maximum Gasteiger partial charge on any atom is 0.407 e. The quantitative estimate of drug-likeness (QED) is 0.481. The maximum absolute atomic E-state index is 12.4. The molecule has 3 aliphatic rings. The first-order valence-corrected chi connectivity index (χ1v) is 11.2. The fourth-order valence-electron chi connectivity index (χ4n) is 4.98. The van der Waals surface area contributed by atoms with E-state index in [9.17, 15) is 9.59 Å². The zero-order chi connectivity index (χ0) is 21.1. The molecule has 0 spiro atoms. The third-order valence-corrected chi connectivity index (χ3v) is 6.25. The van der Waals surface area contributed by atoms with Crippen molar-refractivity contribution in [2.75, 3.05) is 13.2 Å². The van der Waals surface area contributed by atoms with Gasteiger partial charge in [-0.1, -0.05) is 19.8 Å². The summed E-state index contributed by atoms with van der Waals surface area (Å²) in [5, 5.41) is 3.04. The third-order valence-electron chi connectivity index (χ3n) is 6.25. The summed E-state index contributed by atoms with van der Waals surface area (Å²) in [6.07, 6.45) is 6.42. The van der Waals surface area contributed by atoms with E-state index < -0.39 is 17.5 Å². The summed E-state index contributed by atoms with van der Waals surface area (Å²) in [6, 6.07) is -0.0676. The number of ether oxygens (including phenoxy) is 4. The number of esters is 1. The van der Waals surface area contributed by atoms with Crippen molar-refractivity contribution < 1.29 is 28.5 Å². The molecule has 1 saturated carbocycles. The Bertz CT molecular complexity index is 580. The molecule has 0 unspecified atom stereocenters. The van der Waals surface area contributed by atoms with E-state index in [0.717, 1.165) is 38.5 Å². The van der Waals surface area contributed by atoms with Crippen molar-refractivity contribution in [1.82, 2.24) is 5.32 Å². The van der Waals surface area contributed by atoms with Crippen LogP contribution in [0.2, 0.25) is 0 Å². The van der Waals surface area contributed by atoms with E-state index in [1.165, 1.54) is 0 Å². The number of carbonyl (C=O) groups excluding carboxylic acids is 2. The molecule has 1 N–H and O–H groups in total. The largest absolute Gasteiger partial charge is 0.462 e. The second-order valence-electron chi connectivity index (χ2n) is 9.65. The minimum absolute atomic E-state index is 0.0676. The first-order chi connectivity index (χ1) is 13.7. The second-order valence-corrected chi connectivity index (χ2v) is 9.65. The van der Waals surface area contributed by atoms with Gasteiger partial charge in [0.1, 0.15) is 11.7 Å². The molecule has 2 aliphatic heterocycles. The van der Waals surface area contributed by atoms with Crippen LogP contribution < -0.4 is 5.32 Å². The molecule has 166 valence electrons. The van der Waals surface area contributed by atoms with Gasteiger partial charge in [0, 0.05) is 31.2 Å². The minimum Gasteiger partial charge on any atom is -0.462 e. The Balaban J connectivity index is 1.64. The average molecular weight is 412 g/mol. The lowest BCUT2D eigenvalue weighted by atomic mass is 9.85. The number of carbonyl (C=O) groups is 2. The SMILES string of the molecule is CCCCCC1(CC[C@@H]2[C@H]3CC(=O)O[C@H]3C[C@H]2NC(=O)OC(C)(C)C)OCCO1. The van der Waals surface area contributed by atoms with Crippen LogP contribution in [-0.4, -0.2) is 48.8 Å². The number of hydrogen-bond acceptors (Lipinski definition) is 6. The lowest BCUT2D eigenvalue weighted by molar-refractivity contribution is -0.170. The second kappa shape index (κ2) is 9.21. The highest BCUT2D eigenvalue weighted by Gasteiger charge is 2.51. The van der Waals surface area contributed by atoms with E-state index in [1.807, 2.05) is 20.8 Å². The zero-order valence-corrected chi connectivity index (χ0v) is 18.3. The van der Waals surface area contributed by atoms with Crippen molar-refractivity contribution in [3.63, 3.8) is 0 Å². The summed E-state index contributed by atoms with van der Waals surface area (Å²) in [4.78, 5) is 24.2. The molecule has 7 nitrogen and oxygen atoms in total. The standard InChI is InChI=1S/C22H37NO6/c1-5-6-7-9-22(26-11-12-27-22)10-8-15-16-13-19(24)28-18(16)14-17(15)23-20(25)29-21(2,3)4/h15-18H,5-14H2,1-4H3,(H,23,25)/t15-,16-,17-,18+/m1/s1. The van der Waals surface area contributed by atoms with E-state index in [-0.39, 0.29) is 30.0 Å². The first kappa shape index (κ1) is 22.3. The highest BCUT2D eigenvalue weighted by atomic mass is 16.7. The van der Waals surface area contributed by atoms with Crippen LogP contribution in [0.1, 0.15) is 79.1 Å². The predicted molar refractivity (Wildman–Crippen MR) is 107 cm³/mol. The van der Waals surface area contributed by atoms with Crippen LogP contribution in [-0.2, 0) is 23.7 Å². The van der Waals surface area contributed by atoms with Crippen LogP contribution in [0, 0.1) is 11.8 Å². The minimum atomic E-state index is -0.546. The number of unbranched alkanes of at least 4 members (excludes halogenated alkanes) is 2. The van der Waals surface area contributed by atoms with Gasteiger partial charge in [0.15, 0.2) is 5.79 Å². The lowest BCUT2D eigenvalue weighted by Gasteiger charge is -2.31. The number of nitrogens with one attached hydrogen (secondary N) is 1. The van der Waals surface area contributed by atoms with E-state index in [0.29, 0.717) is 26.1 Å². The Labute approximate surface area is 174 Å². The Kier molecular flexibility index (Phi) is 7.10. The fourth-order valence-corrected chi connectivity index (χ4v) is 4.98. The van der Waals surface area contributed by atoms with Gasteiger partial charge in [-0.25, -0.2) is 4.79 Å². The average Bonchev–Trinajstić information content (AvgIpc) is 3.27. The molecule has 1 amide bonds. The topological polar surface area (TPSA) is 83.1 Å². The van der Waals surface area contributed by atoms with E-state index in [2.05, 4.69) is 12.2 Å². The molecule has 0 aromatic rings. The summed E-state index contributed by atoms with van der Waals surface area (Å²) in [5.74, 6) is -0.370. The smallest absolute Gasteiger partial charge is 0.407 e. The van der Waals surface area contributed by atoms with Crippen molar-refractivity contribution in [2.45, 2.75) is 103 Å². The van der Waals surface area contributed by atoms with E-state index in [1.54, 1.807) is 0 Å². The highest BCUT2D eigenvalue weighted by molar-refractivity contribution is 5.73. The number of alkyl carbamates (subject to hydrolysis) is 1. The number of hydrogen-bond donors (Lipinski definition) is 1. The van der Waals surface area contributed by atoms with Gasteiger partial charge in [-0.05, 0) is 39.5 Å². The molecule has 1 aliphatic carbocycles. The molecule has 0 aromatic heterocycles. The van der Waals surface area contributed by atoms with Gasteiger partial charge in [-0.15, -0.1) is 0 Å². The van der Waals surface area contributed by atoms with Gasteiger partial charge in [0.2, 0.25) is 0 Å².